The van der Waals surface area contributed by atoms with Crippen LogP contribution >= 0.6 is 15.6 Å². The van der Waals surface area contributed by atoms with Gasteiger partial charge in [0.15, 0.2) is 0 Å². The molecule has 18 heavy (non-hydrogen) atoms. The Morgan fingerprint density at radius 2 is 1.39 bits per heavy atom. The molecule has 0 radical (unpaired) electrons. The largest absolute Gasteiger partial charge is 0.474 e. The van der Waals surface area contributed by atoms with Crippen LogP contribution in [0.3, 0.4) is 0 Å². The highest BCUT2D eigenvalue weighted by molar-refractivity contribution is 7.46. The van der Waals surface area contributed by atoms with Crippen molar-refractivity contribution >= 4 is 15.6 Å². The second-order valence-electron chi connectivity index (χ2n) is 3.16. The lowest BCUT2D eigenvalue weighted by molar-refractivity contribution is -0.337. The number of halogens is 3. The average Bonchev–Trinajstić information content (AvgIpc) is 1.94. The van der Waals surface area contributed by atoms with E-state index in [1.807, 2.05) is 0 Å². The van der Waals surface area contributed by atoms with Gasteiger partial charge in [-0.1, -0.05) is 13.3 Å². The summed E-state index contributed by atoms with van der Waals surface area (Å²) in [6, 6.07) is 0. The molecule has 0 bridgehead atoms. The van der Waals surface area contributed by atoms with Crippen molar-refractivity contribution in [3.63, 3.8) is 0 Å². The van der Waals surface area contributed by atoms with Gasteiger partial charge in [-0.3, -0.25) is 0 Å². The van der Waals surface area contributed by atoms with Gasteiger partial charge in [-0.15, -0.1) is 0 Å². The molecule has 0 spiro atoms. The topological polar surface area (TPSA) is 134 Å². The molecule has 8 nitrogen and oxygen atoms in total. The van der Waals surface area contributed by atoms with Crippen LogP contribution in [0.5, 0.6) is 0 Å². The summed E-state index contributed by atoms with van der Waals surface area (Å²) in [4.78, 5) is 33.0. The van der Waals surface area contributed by atoms with Gasteiger partial charge in [0.1, 0.15) is 0 Å². The van der Waals surface area contributed by atoms with Crippen molar-refractivity contribution in [2.24, 2.45) is 0 Å². The van der Waals surface area contributed by atoms with Gasteiger partial charge < -0.3 is 19.6 Å². The Morgan fingerprint density at radius 1 is 1.00 bits per heavy atom. The van der Waals surface area contributed by atoms with Gasteiger partial charge in [0.05, 0.1) is 0 Å². The summed E-state index contributed by atoms with van der Waals surface area (Å²) in [6.07, 6.45) is -6.87. The fourth-order valence-corrected chi connectivity index (χ4v) is 1.98. The molecule has 1 atom stereocenters. The molecule has 0 aliphatic heterocycles. The van der Waals surface area contributed by atoms with Crippen molar-refractivity contribution in [1.29, 1.82) is 0 Å². The lowest BCUT2D eigenvalue weighted by atomic mass is 10.1. The summed E-state index contributed by atoms with van der Waals surface area (Å²) in [5, 5.41) is 0. The van der Waals surface area contributed by atoms with Gasteiger partial charge in [-0.2, -0.15) is 8.78 Å². The molecule has 1 unspecified atom stereocenters. The van der Waals surface area contributed by atoms with Crippen molar-refractivity contribution < 1.29 is 50.9 Å². The Bertz CT molecular complexity index is 377. The predicted octanol–water partition coefficient (Wildman–Crippen LogP) is 1.26. The van der Waals surface area contributed by atoms with Crippen LogP contribution in [0.1, 0.15) is 19.8 Å². The minimum absolute atomic E-state index is 0.364. The van der Waals surface area contributed by atoms with Crippen LogP contribution in [-0.4, -0.2) is 31.5 Å². The minimum Gasteiger partial charge on any atom is -0.303 e. The Hall–Kier alpha value is 0.01000. The third-order valence-corrected chi connectivity index (χ3v) is 2.50. The molecule has 13 heteroatoms. The first kappa shape index (κ1) is 18.0. The number of hydrogen-bond donors (Lipinski definition) is 4. The zero-order valence-electron chi connectivity index (χ0n) is 8.86. The fourth-order valence-electron chi connectivity index (χ4n) is 0.972. The minimum atomic E-state index is -5.80. The van der Waals surface area contributed by atoms with E-state index >= 15 is 0 Å². The smallest absolute Gasteiger partial charge is 0.303 e. The first-order chi connectivity index (χ1) is 7.72. The third-order valence-electron chi connectivity index (χ3n) is 1.50. The van der Waals surface area contributed by atoms with Gasteiger partial charge in [-0.05, 0) is 0 Å². The normalized spacial score (nSPS) is 17.6. The van der Waals surface area contributed by atoms with Crippen molar-refractivity contribution in [2.75, 3.05) is 0 Å². The maximum absolute atomic E-state index is 13.7. The van der Waals surface area contributed by atoms with Gasteiger partial charge in [0.25, 0.3) is 0 Å². The first-order valence-corrected chi connectivity index (χ1v) is 7.38. The monoisotopic (exact) mass is 318 g/mol. The van der Waals surface area contributed by atoms with Crippen LogP contribution in [0.4, 0.5) is 13.2 Å². The fraction of sp³-hybridized carbons (Fsp3) is 1.00. The molecule has 4 N–H and O–H groups in total. The molecule has 0 rings (SSSR count). The van der Waals surface area contributed by atoms with Gasteiger partial charge in [0, 0.05) is 6.42 Å². The zero-order chi connectivity index (χ0) is 14.8. The summed E-state index contributed by atoms with van der Waals surface area (Å²) < 4.78 is 66.7. The van der Waals surface area contributed by atoms with Gasteiger partial charge in [-0.25, -0.2) is 22.6 Å². The third kappa shape index (κ3) is 5.77. The van der Waals surface area contributed by atoms with Crippen LogP contribution in [0.2, 0.25) is 0 Å². The van der Waals surface area contributed by atoms with E-state index in [4.69, 9.17) is 19.6 Å². The molecule has 110 valence electrons. The van der Waals surface area contributed by atoms with E-state index in [1.165, 1.54) is 6.92 Å². The molecular formula is C5H11F3O8P2. The SMILES string of the molecule is CCCC(F)(OP(=O)(O)O)C(F)(F)OP(=O)(O)O. The molecule has 0 heterocycles. The van der Waals surface area contributed by atoms with Crippen LogP contribution in [0, 0.1) is 0 Å². The van der Waals surface area contributed by atoms with Crippen molar-refractivity contribution in [2.45, 2.75) is 31.7 Å². The second kappa shape index (κ2) is 5.56. The highest BCUT2D eigenvalue weighted by Gasteiger charge is 2.63. The number of alkyl halides is 3. The van der Waals surface area contributed by atoms with E-state index in [1.54, 1.807) is 0 Å². The van der Waals surface area contributed by atoms with E-state index in [-0.39, 0.29) is 6.42 Å². The quantitative estimate of drug-likeness (QED) is 0.516. The summed E-state index contributed by atoms with van der Waals surface area (Å²) in [5.41, 5.74) is 0. The molecular weight excluding hydrogens is 307 g/mol. The Balaban J connectivity index is 5.31. The van der Waals surface area contributed by atoms with Crippen LogP contribution in [-0.2, 0) is 18.2 Å². The standard InChI is InChI=1S/C5H11F3O8P2/c1-2-3-4(6,15-17(9,10)11)5(7,8)16-18(12,13)14/h2-3H2,1H3,(H2,9,10,11)(H2,12,13,14). The summed E-state index contributed by atoms with van der Waals surface area (Å²) in [6.45, 7) is 1.17. The van der Waals surface area contributed by atoms with E-state index < -0.39 is 34.0 Å². The Morgan fingerprint density at radius 3 is 1.67 bits per heavy atom. The van der Waals surface area contributed by atoms with E-state index in [9.17, 15) is 22.3 Å². The summed E-state index contributed by atoms with van der Waals surface area (Å²) in [5.74, 6) is -4.37. The average molecular weight is 318 g/mol. The molecule has 0 aromatic carbocycles. The van der Waals surface area contributed by atoms with Crippen LogP contribution < -0.4 is 0 Å². The van der Waals surface area contributed by atoms with Crippen LogP contribution in [0.15, 0.2) is 0 Å². The molecule has 0 aliphatic rings. The lowest BCUT2D eigenvalue weighted by Gasteiger charge is -2.31. The van der Waals surface area contributed by atoms with Crippen LogP contribution in [0.25, 0.3) is 0 Å². The van der Waals surface area contributed by atoms with E-state index in [0.29, 0.717) is 0 Å². The van der Waals surface area contributed by atoms with Gasteiger partial charge in [0.2, 0.25) is 0 Å². The molecule has 0 saturated heterocycles. The Kier molecular flexibility index (Phi) is 5.56. The summed E-state index contributed by atoms with van der Waals surface area (Å²) >= 11 is 0. The predicted molar refractivity (Wildman–Crippen MR) is 50.0 cm³/mol. The molecule has 0 saturated carbocycles. The Labute approximate surface area is 99.2 Å². The van der Waals surface area contributed by atoms with Gasteiger partial charge >= 0.3 is 27.6 Å². The molecule has 0 aromatic rings. The highest BCUT2D eigenvalue weighted by atomic mass is 31.2. The molecule has 0 aromatic heterocycles. The van der Waals surface area contributed by atoms with Crippen molar-refractivity contribution in [3.05, 3.63) is 0 Å². The van der Waals surface area contributed by atoms with Crippen molar-refractivity contribution in [1.82, 2.24) is 0 Å². The van der Waals surface area contributed by atoms with E-state index in [0.717, 1.165) is 0 Å². The number of hydrogen-bond acceptors (Lipinski definition) is 4. The first-order valence-electron chi connectivity index (χ1n) is 4.32. The molecule has 0 fully saturated rings. The zero-order valence-corrected chi connectivity index (χ0v) is 10.7. The maximum Gasteiger partial charge on any atom is 0.474 e. The highest BCUT2D eigenvalue weighted by Crippen LogP contribution is 2.54. The summed E-state index contributed by atoms with van der Waals surface area (Å²) in [7, 11) is -11.5. The number of rotatable bonds is 7. The molecule has 0 amide bonds. The van der Waals surface area contributed by atoms with E-state index in [2.05, 4.69) is 9.05 Å². The lowest BCUT2D eigenvalue weighted by Crippen LogP contribution is -2.47. The number of phosphoric acid groups is 2. The second-order valence-corrected chi connectivity index (χ2v) is 5.49. The van der Waals surface area contributed by atoms with Crippen molar-refractivity contribution in [3.8, 4) is 0 Å². The molecule has 0 aliphatic carbocycles. The maximum atomic E-state index is 13.7. The number of phosphoric ester groups is 2.